The summed E-state index contributed by atoms with van der Waals surface area (Å²) in [6.45, 7) is 2.01. The number of methoxy groups -OCH3 is 1. The van der Waals surface area contributed by atoms with Crippen molar-refractivity contribution in [2.24, 2.45) is 0 Å². The molecule has 0 fully saturated rings. The summed E-state index contributed by atoms with van der Waals surface area (Å²) in [5.74, 6) is -0.433. The number of esters is 1. The number of halogens is 1. The third-order valence-electron chi connectivity index (χ3n) is 3.14. The van der Waals surface area contributed by atoms with Crippen LogP contribution >= 0.6 is 11.6 Å². The molecule has 0 amide bonds. The van der Waals surface area contributed by atoms with Gasteiger partial charge in [-0.15, -0.1) is 0 Å². The summed E-state index contributed by atoms with van der Waals surface area (Å²) in [5, 5.41) is 2.07. The van der Waals surface area contributed by atoms with Crippen LogP contribution in [-0.2, 0) is 4.74 Å². The summed E-state index contributed by atoms with van der Waals surface area (Å²) in [6, 6.07) is 5.97. The smallest absolute Gasteiger partial charge is 0.341 e. The van der Waals surface area contributed by atoms with E-state index >= 15 is 0 Å². The number of nitrogens with one attached hydrogen (secondary N) is 1. The first-order valence-electron chi connectivity index (χ1n) is 5.76. The molecule has 0 spiro atoms. The summed E-state index contributed by atoms with van der Waals surface area (Å²) in [5.41, 5.74) is 3.10. The largest absolute Gasteiger partial charge is 0.465 e. The molecule has 3 aromatic rings. The van der Waals surface area contributed by atoms with Crippen molar-refractivity contribution in [2.75, 3.05) is 7.11 Å². The van der Waals surface area contributed by atoms with Crippen LogP contribution in [0.2, 0.25) is 5.15 Å². The minimum absolute atomic E-state index is 0.373. The van der Waals surface area contributed by atoms with Gasteiger partial charge in [-0.3, -0.25) is 0 Å². The molecule has 0 aliphatic carbocycles. The Labute approximate surface area is 114 Å². The maximum absolute atomic E-state index is 11.8. The highest BCUT2D eigenvalue weighted by Crippen LogP contribution is 2.32. The molecule has 2 aromatic heterocycles. The van der Waals surface area contributed by atoms with Gasteiger partial charge in [0.15, 0.2) is 0 Å². The molecule has 1 aromatic carbocycles. The molecule has 0 saturated carbocycles. The standard InChI is InChI=1S/C14H11ClN2O2/c1-7-3-4-8-10(5-7)17-12-9(14(18)19-2)6-16-13(15)11(8)12/h3-6,17H,1-2H3. The van der Waals surface area contributed by atoms with Crippen LogP contribution in [0.1, 0.15) is 15.9 Å². The lowest BCUT2D eigenvalue weighted by Crippen LogP contribution is -2.03. The van der Waals surface area contributed by atoms with Crippen LogP contribution in [0.4, 0.5) is 0 Å². The van der Waals surface area contributed by atoms with Gasteiger partial charge >= 0.3 is 5.97 Å². The molecule has 0 aliphatic rings. The number of hydrogen-bond donors (Lipinski definition) is 1. The highest BCUT2D eigenvalue weighted by atomic mass is 35.5. The van der Waals surface area contributed by atoms with E-state index in [0.29, 0.717) is 16.2 Å². The summed E-state index contributed by atoms with van der Waals surface area (Å²) in [6.07, 6.45) is 1.43. The summed E-state index contributed by atoms with van der Waals surface area (Å²) < 4.78 is 4.76. The zero-order chi connectivity index (χ0) is 13.6. The van der Waals surface area contributed by atoms with Gasteiger partial charge in [0.05, 0.1) is 12.6 Å². The number of fused-ring (bicyclic) bond motifs is 3. The lowest BCUT2D eigenvalue weighted by atomic mass is 10.1. The number of benzene rings is 1. The van der Waals surface area contributed by atoms with Gasteiger partial charge in [0.1, 0.15) is 10.7 Å². The van der Waals surface area contributed by atoms with Crippen molar-refractivity contribution >= 4 is 39.4 Å². The number of rotatable bonds is 1. The lowest BCUT2D eigenvalue weighted by Gasteiger charge is -2.01. The van der Waals surface area contributed by atoms with Crippen molar-refractivity contribution in [1.29, 1.82) is 0 Å². The van der Waals surface area contributed by atoms with Gasteiger partial charge in [-0.25, -0.2) is 9.78 Å². The summed E-state index contributed by atoms with van der Waals surface area (Å²) >= 11 is 6.15. The molecule has 0 aliphatic heterocycles. The summed E-state index contributed by atoms with van der Waals surface area (Å²) in [7, 11) is 1.34. The zero-order valence-corrected chi connectivity index (χ0v) is 11.2. The third-order valence-corrected chi connectivity index (χ3v) is 3.43. The number of carbonyl (C=O) groups excluding carboxylic acids is 1. The second-order valence-electron chi connectivity index (χ2n) is 4.38. The molecule has 0 saturated heterocycles. The molecule has 5 heteroatoms. The van der Waals surface area contributed by atoms with Gasteiger partial charge in [0.2, 0.25) is 0 Å². The topological polar surface area (TPSA) is 55.0 Å². The van der Waals surface area contributed by atoms with Gasteiger partial charge in [-0.1, -0.05) is 23.7 Å². The van der Waals surface area contributed by atoms with Crippen LogP contribution in [0.3, 0.4) is 0 Å². The average molecular weight is 275 g/mol. The number of H-pyrrole nitrogens is 1. The van der Waals surface area contributed by atoms with E-state index in [9.17, 15) is 4.79 Å². The molecule has 96 valence electrons. The van der Waals surface area contributed by atoms with Crippen molar-refractivity contribution in [3.05, 3.63) is 40.7 Å². The number of aromatic amines is 1. The Balaban J connectivity index is 2.47. The molecule has 0 atom stereocenters. The zero-order valence-electron chi connectivity index (χ0n) is 10.5. The molecule has 0 radical (unpaired) electrons. The number of pyridine rings is 1. The van der Waals surface area contributed by atoms with E-state index in [4.69, 9.17) is 16.3 Å². The van der Waals surface area contributed by atoms with Crippen LogP contribution in [0.25, 0.3) is 21.8 Å². The van der Waals surface area contributed by atoms with Crippen molar-refractivity contribution in [1.82, 2.24) is 9.97 Å². The molecule has 4 nitrogen and oxygen atoms in total. The first kappa shape index (κ1) is 12.0. The van der Waals surface area contributed by atoms with Crippen LogP contribution in [0.15, 0.2) is 24.4 Å². The molecule has 0 unspecified atom stereocenters. The van der Waals surface area contributed by atoms with Crippen LogP contribution < -0.4 is 0 Å². The molecule has 3 rings (SSSR count). The third kappa shape index (κ3) is 1.76. The monoisotopic (exact) mass is 274 g/mol. The van der Waals surface area contributed by atoms with Gasteiger partial charge in [-0.05, 0) is 18.6 Å². The van der Waals surface area contributed by atoms with Crippen LogP contribution in [0.5, 0.6) is 0 Å². The Morgan fingerprint density at radius 2 is 2.21 bits per heavy atom. The average Bonchev–Trinajstić information content (AvgIpc) is 2.77. The maximum Gasteiger partial charge on any atom is 0.341 e. The highest BCUT2D eigenvalue weighted by Gasteiger charge is 2.17. The first-order valence-corrected chi connectivity index (χ1v) is 6.14. The van der Waals surface area contributed by atoms with Gasteiger partial charge < -0.3 is 9.72 Å². The van der Waals surface area contributed by atoms with E-state index < -0.39 is 5.97 Å². The Morgan fingerprint density at radius 1 is 1.42 bits per heavy atom. The fourth-order valence-corrected chi connectivity index (χ4v) is 2.49. The van der Waals surface area contributed by atoms with Crippen molar-refractivity contribution in [3.8, 4) is 0 Å². The van der Waals surface area contributed by atoms with Gasteiger partial charge in [0, 0.05) is 22.5 Å². The molecule has 1 N–H and O–H groups in total. The number of hydrogen-bond acceptors (Lipinski definition) is 3. The van der Waals surface area contributed by atoms with Crippen molar-refractivity contribution in [2.45, 2.75) is 6.92 Å². The number of aryl methyl sites for hydroxylation is 1. The second kappa shape index (κ2) is 4.24. The molecule has 19 heavy (non-hydrogen) atoms. The number of carbonyl (C=O) groups is 1. The Kier molecular flexibility index (Phi) is 2.68. The number of aromatic nitrogens is 2. The number of nitrogens with zero attached hydrogens (tertiary/aromatic N) is 1. The lowest BCUT2D eigenvalue weighted by molar-refractivity contribution is 0.0602. The SMILES string of the molecule is COC(=O)c1cnc(Cl)c2c1[nH]c1cc(C)ccc12. The van der Waals surface area contributed by atoms with E-state index in [1.807, 2.05) is 25.1 Å². The van der Waals surface area contributed by atoms with Gasteiger partial charge in [0.25, 0.3) is 0 Å². The molecular formula is C14H11ClN2O2. The first-order chi connectivity index (χ1) is 9.11. The quantitative estimate of drug-likeness (QED) is 0.546. The molecule has 0 bridgehead atoms. The fourth-order valence-electron chi connectivity index (χ4n) is 2.24. The molecular weight excluding hydrogens is 264 g/mol. The predicted molar refractivity (Wildman–Crippen MR) is 74.7 cm³/mol. The Bertz CT molecular complexity index is 808. The minimum Gasteiger partial charge on any atom is -0.465 e. The second-order valence-corrected chi connectivity index (χ2v) is 4.74. The number of ether oxygens (including phenoxy) is 1. The van der Waals surface area contributed by atoms with E-state index in [1.165, 1.54) is 13.3 Å². The summed E-state index contributed by atoms with van der Waals surface area (Å²) in [4.78, 5) is 19.0. The van der Waals surface area contributed by atoms with Crippen LogP contribution in [0, 0.1) is 6.92 Å². The van der Waals surface area contributed by atoms with Gasteiger partial charge in [-0.2, -0.15) is 0 Å². The Morgan fingerprint density at radius 3 is 2.95 bits per heavy atom. The van der Waals surface area contributed by atoms with Crippen LogP contribution in [-0.4, -0.2) is 23.0 Å². The Hall–Kier alpha value is -2.07. The maximum atomic E-state index is 11.8. The fraction of sp³-hybridized carbons (Fsp3) is 0.143. The predicted octanol–water partition coefficient (Wildman–Crippen LogP) is 3.46. The van der Waals surface area contributed by atoms with E-state index in [0.717, 1.165) is 21.9 Å². The van der Waals surface area contributed by atoms with E-state index in [-0.39, 0.29) is 0 Å². The van der Waals surface area contributed by atoms with E-state index in [1.54, 1.807) is 0 Å². The van der Waals surface area contributed by atoms with E-state index in [2.05, 4.69) is 9.97 Å². The van der Waals surface area contributed by atoms with Crippen molar-refractivity contribution in [3.63, 3.8) is 0 Å². The minimum atomic E-state index is -0.433. The highest BCUT2D eigenvalue weighted by molar-refractivity contribution is 6.37. The normalized spacial score (nSPS) is 11.1. The van der Waals surface area contributed by atoms with Crippen molar-refractivity contribution < 1.29 is 9.53 Å². The molecule has 2 heterocycles.